The van der Waals surface area contributed by atoms with Crippen LogP contribution in [0.1, 0.15) is 51.1 Å². The molecule has 2 atom stereocenters. The van der Waals surface area contributed by atoms with Gasteiger partial charge in [-0.1, -0.05) is 6.92 Å². The van der Waals surface area contributed by atoms with Crippen LogP contribution in [-0.4, -0.2) is 34.6 Å². The highest BCUT2D eigenvalue weighted by Gasteiger charge is 2.19. The van der Waals surface area contributed by atoms with Gasteiger partial charge in [-0.05, 0) is 32.7 Å². The standard InChI is InChI=1S/C15H26N4O/c1-3-12(2)18-15(20)6-8-19-11-17-10-14(19)13-5-4-7-16-9-13/h10-13,16H,3-9H2,1-2H3,(H,18,20). The largest absolute Gasteiger partial charge is 0.354 e. The smallest absolute Gasteiger partial charge is 0.221 e. The van der Waals surface area contributed by atoms with Crippen LogP contribution in [-0.2, 0) is 11.3 Å². The monoisotopic (exact) mass is 278 g/mol. The zero-order valence-electron chi connectivity index (χ0n) is 12.6. The average molecular weight is 278 g/mol. The molecule has 2 unspecified atom stereocenters. The normalized spacial score (nSPS) is 20.6. The lowest BCUT2D eigenvalue weighted by Gasteiger charge is -2.23. The zero-order valence-corrected chi connectivity index (χ0v) is 12.6. The number of imidazole rings is 1. The van der Waals surface area contributed by atoms with E-state index >= 15 is 0 Å². The minimum Gasteiger partial charge on any atom is -0.354 e. The molecule has 1 aliphatic heterocycles. The van der Waals surface area contributed by atoms with Crippen LogP contribution in [0.25, 0.3) is 0 Å². The summed E-state index contributed by atoms with van der Waals surface area (Å²) in [6.45, 7) is 6.96. The van der Waals surface area contributed by atoms with Crippen LogP contribution in [0.5, 0.6) is 0 Å². The number of carbonyl (C=O) groups is 1. The Kier molecular flexibility index (Phi) is 5.59. The Hall–Kier alpha value is -1.36. The first kappa shape index (κ1) is 15.0. The maximum absolute atomic E-state index is 11.8. The molecule has 2 rings (SSSR count). The van der Waals surface area contributed by atoms with E-state index in [-0.39, 0.29) is 11.9 Å². The van der Waals surface area contributed by atoms with Gasteiger partial charge >= 0.3 is 0 Å². The summed E-state index contributed by atoms with van der Waals surface area (Å²) in [5.74, 6) is 0.657. The number of aryl methyl sites for hydroxylation is 1. The van der Waals surface area contributed by atoms with Crippen molar-refractivity contribution in [2.75, 3.05) is 13.1 Å². The van der Waals surface area contributed by atoms with E-state index in [1.54, 1.807) is 0 Å². The second-order valence-electron chi connectivity index (χ2n) is 5.68. The van der Waals surface area contributed by atoms with E-state index < -0.39 is 0 Å². The summed E-state index contributed by atoms with van der Waals surface area (Å²) >= 11 is 0. The van der Waals surface area contributed by atoms with E-state index in [4.69, 9.17) is 0 Å². The summed E-state index contributed by atoms with van der Waals surface area (Å²) in [6, 6.07) is 0.257. The maximum Gasteiger partial charge on any atom is 0.221 e. The molecule has 112 valence electrons. The SMILES string of the molecule is CCC(C)NC(=O)CCn1cncc1C1CCCNC1. The van der Waals surface area contributed by atoms with Gasteiger partial charge in [-0.15, -0.1) is 0 Å². The second kappa shape index (κ2) is 7.43. The van der Waals surface area contributed by atoms with Gasteiger partial charge in [0.15, 0.2) is 0 Å². The summed E-state index contributed by atoms with van der Waals surface area (Å²) in [5, 5.41) is 6.43. The summed E-state index contributed by atoms with van der Waals surface area (Å²) in [7, 11) is 0. The van der Waals surface area contributed by atoms with Crippen molar-refractivity contribution in [2.24, 2.45) is 0 Å². The van der Waals surface area contributed by atoms with Crippen LogP contribution in [0.3, 0.4) is 0 Å². The Labute approximate surface area is 121 Å². The van der Waals surface area contributed by atoms with Gasteiger partial charge in [0.05, 0.1) is 6.33 Å². The van der Waals surface area contributed by atoms with Crippen LogP contribution >= 0.6 is 0 Å². The first-order chi connectivity index (χ1) is 9.70. The number of aromatic nitrogens is 2. The van der Waals surface area contributed by atoms with Gasteiger partial charge in [-0.25, -0.2) is 4.98 Å². The average Bonchev–Trinajstić information content (AvgIpc) is 2.94. The predicted octanol–water partition coefficient (Wildman–Crippen LogP) is 1.65. The van der Waals surface area contributed by atoms with E-state index in [1.165, 1.54) is 18.5 Å². The lowest BCUT2D eigenvalue weighted by Crippen LogP contribution is -2.33. The van der Waals surface area contributed by atoms with Crippen molar-refractivity contribution in [2.45, 2.75) is 58.0 Å². The number of piperidine rings is 1. The molecule has 1 aromatic rings. The molecule has 5 heteroatoms. The molecule has 2 heterocycles. The molecule has 0 spiro atoms. The first-order valence-corrected chi connectivity index (χ1v) is 7.70. The molecule has 20 heavy (non-hydrogen) atoms. The third-order valence-corrected chi connectivity index (χ3v) is 4.06. The fraction of sp³-hybridized carbons (Fsp3) is 0.733. The third kappa shape index (κ3) is 4.07. The molecular formula is C15H26N4O. The Morgan fingerprint density at radius 2 is 2.50 bits per heavy atom. The fourth-order valence-electron chi connectivity index (χ4n) is 2.63. The molecule has 0 bridgehead atoms. The first-order valence-electron chi connectivity index (χ1n) is 7.70. The molecule has 0 aliphatic carbocycles. The molecule has 1 amide bonds. The van der Waals surface area contributed by atoms with Gasteiger partial charge in [0.2, 0.25) is 5.91 Å². The van der Waals surface area contributed by atoms with Crippen molar-refractivity contribution in [1.29, 1.82) is 0 Å². The highest BCUT2D eigenvalue weighted by Crippen LogP contribution is 2.22. The molecule has 2 N–H and O–H groups in total. The minimum absolute atomic E-state index is 0.126. The van der Waals surface area contributed by atoms with Crippen molar-refractivity contribution in [1.82, 2.24) is 20.2 Å². The van der Waals surface area contributed by atoms with E-state index in [1.807, 2.05) is 19.4 Å². The van der Waals surface area contributed by atoms with Crippen LogP contribution < -0.4 is 10.6 Å². The molecule has 1 aliphatic rings. The van der Waals surface area contributed by atoms with E-state index in [9.17, 15) is 4.79 Å². The minimum atomic E-state index is 0.126. The number of nitrogens with one attached hydrogen (secondary N) is 2. The summed E-state index contributed by atoms with van der Waals surface area (Å²) in [5.41, 5.74) is 1.26. The van der Waals surface area contributed by atoms with Crippen LogP contribution in [0.4, 0.5) is 0 Å². The van der Waals surface area contributed by atoms with Crippen molar-refractivity contribution < 1.29 is 4.79 Å². The molecule has 0 saturated carbocycles. The molecule has 5 nitrogen and oxygen atoms in total. The van der Waals surface area contributed by atoms with Crippen molar-refractivity contribution in [3.63, 3.8) is 0 Å². The van der Waals surface area contributed by atoms with Gasteiger partial charge in [-0.3, -0.25) is 4.79 Å². The second-order valence-corrected chi connectivity index (χ2v) is 5.68. The van der Waals surface area contributed by atoms with Crippen LogP contribution in [0.15, 0.2) is 12.5 Å². The highest BCUT2D eigenvalue weighted by molar-refractivity contribution is 5.76. The number of amides is 1. The summed E-state index contributed by atoms with van der Waals surface area (Å²) in [6.07, 6.45) is 7.70. The van der Waals surface area contributed by atoms with Gasteiger partial charge in [0.25, 0.3) is 0 Å². The molecule has 1 fully saturated rings. The van der Waals surface area contributed by atoms with Crippen molar-refractivity contribution in [3.05, 3.63) is 18.2 Å². The third-order valence-electron chi connectivity index (χ3n) is 4.06. The molecule has 0 aromatic carbocycles. The van der Waals surface area contributed by atoms with Gasteiger partial charge in [0, 0.05) is 43.4 Å². The maximum atomic E-state index is 11.8. The molecular weight excluding hydrogens is 252 g/mol. The zero-order chi connectivity index (χ0) is 14.4. The number of rotatable bonds is 6. The van der Waals surface area contributed by atoms with Crippen molar-refractivity contribution in [3.8, 4) is 0 Å². The summed E-state index contributed by atoms with van der Waals surface area (Å²) < 4.78 is 2.13. The lowest BCUT2D eigenvalue weighted by molar-refractivity contribution is -0.121. The van der Waals surface area contributed by atoms with Crippen LogP contribution in [0.2, 0.25) is 0 Å². The Morgan fingerprint density at radius 1 is 1.65 bits per heavy atom. The quantitative estimate of drug-likeness (QED) is 0.832. The highest BCUT2D eigenvalue weighted by atomic mass is 16.1. The fourth-order valence-corrected chi connectivity index (χ4v) is 2.63. The number of hydrogen-bond donors (Lipinski definition) is 2. The molecule has 0 radical (unpaired) electrons. The van der Waals surface area contributed by atoms with Gasteiger partial charge < -0.3 is 15.2 Å². The Balaban J connectivity index is 1.87. The van der Waals surface area contributed by atoms with Crippen molar-refractivity contribution >= 4 is 5.91 Å². The Morgan fingerprint density at radius 3 is 3.20 bits per heavy atom. The van der Waals surface area contributed by atoms with Crippen LogP contribution in [0, 0.1) is 0 Å². The topological polar surface area (TPSA) is 59.0 Å². The predicted molar refractivity (Wildman–Crippen MR) is 79.6 cm³/mol. The molecule has 1 saturated heterocycles. The number of nitrogens with zero attached hydrogens (tertiary/aromatic N) is 2. The molecule has 1 aromatic heterocycles. The van der Waals surface area contributed by atoms with E-state index in [0.29, 0.717) is 18.9 Å². The number of hydrogen-bond acceptors (Lipinski definition) is 3. The Bertz CT molecular complexity index is 423. The van der Waals surface area contributed by atoms with Gasteiger partial charge in [0.1, 0.15) is 0 Å². The summed E-state index contributed by atoms with van der Waals surface area (Å²) in [4.78, 5) is 16.1. The van der Waals surface area contributed by atoms with Gasteiger partial charge in [-0.2, -0.15) is 0 Å². The van der Waals surface area contributed by atoms with E-state index in [0.717, 1.165) is 19.5 Å². The number of carbonyl (C=O) groups excluding carboxylic acids is 1. The van der Waals surface area contributed by atoms with E-state index in [2.05, 4.69) is 27.1 Å². The lowest BCUT2D eigenvalue weighted by atomic mass is 9.96.